The van der Waals surface area contributed by atoms with Crippen LogP contribution in [0, 0.1) is 0 Å². The maximum atomic E-state index is 5.93. The van der Waals surface area contributed by atoms with Crippen molar-refractivity contribution < 1.29 is 14.2 Å². The van der Waals surface area contributed by atoms with Crippen molar-refractivity contribution in [3.05, 3.63) is 29.5 Å². The van der Waals surface area contributed by atoms with E-state index in [-0.39, 0.29) is 23.5 Å². The molecule has 0 atom stereocenters. The van der Waals surface area contributed by atoms with E-state index >= 15 is 0 Å². The lowest BCUT2D eigenvalue weighted by Crippen LogP contribution is -1.96. The molecule has 3 rings (SSSR count). The number of hydrogen-bond donors (Lipinski definition) is 1. The monoisotopic (exact) mass is 265 g/mol. The third-order valence-electron chi connectivity index (χ3n) is 2.34. The van der Waals surface area contributed by atoms with Crippen LogP contribution in [0.4, 0.5) is 5.82 Å². The van der Waals surface area contributed by atoms with Gasteiger partial charge in [-0.2, -0.15) is 4.98 Å². The zero-order valence-electron chi connectivity index (χ0n) is 9.09. The Bertz CT molecular complexity index is 606. The Morgan fingerprint density at radius 2 is 2.06 bits per heavy atom. The zero-order valence-corrected chi connectivity index (χ0v) is 9.85. The minimum Gasteiger partial charge on any atom is -0.454 e. The standard InChI is InChI=1S/C11H8ClN3O3/c12-9-10(13)14-4-15-11(9)18-6-1-2-7-8(3-6)17-5-16-7/h1-4H,5H2,(H2,13,14,15). The first-order valence-corrected chi connectivity index (χ1v) is 5.45. The molecule has 0 saturated carbocycles. The predicted octanol–water partition coefficient (Wildman–Crippen LogP) is 2.23. The first-order valence-electron chi connectivity index (χ1n) is 5.07. The molecule has 0 bridgehead atoms. The van der Waals surface area contributed by atoms with Gasteiger partial charge in [-0.1, -0.05) is 11.6 Å². The van der Waals surface area contributed by atoms with Gasteiger partial charge in [0.1, 0.15) is 22.9 Å². The molecule has 2 aromatic rings. The summed E-state index contributed by atoms with van der Waals surface area (Å²) in [7, 11) is 0. The average molecular weight is 266 g/mol. The summed E-state index contributed by atoms with van der Waals surface area (Å²) in [5.41, 5.74) is 5.56. The summed E-state index contributed by atoms with van der Waals surface area (Å²) >= 11 is 5.93. The minimum atomic E-state index is 0.169. The third-order valence-corrected chi connectivity index (χ3v) is 2.70. The summed E-state index contributed by atoms with van der Waals surface area (Å²) in [6, 6.07) is 5.16. The SMILES string of the molecule is Nc1ncnc(Oc2ccc3c(c2)OCO3)c1Cl. The largest absolute Gasteiger partial charge is 0.454 e. The van der Waals surface area contributed by atoms with Crippen molar-refractivity contribution in [1.82, 2.24) is 9.97 Å². The van der Waals surface area contributed by atoms with Crippen LogP contribution in [0.5, 0.6) is 23.1 Å². The summed E-state index contributed by atoms with van der Waals surface area (Å²) in [6.07, 6.45) is 1.28. The smallest absolute Gasteiger partial charge is 0.243 e. The maximum absolute atomic E-state index is 5.93. The molecule has 6 nitrogen and oxygen atoms in total. The van der Waals surface area contributed by atoms with Crippen molar-refractivity contribution in [2.45, 2.75) is 0 Å². The Balaban J connectivity index is 1.90. The second-order valence-electron chi connectivity index (χ2n) is 3.50. The molecule has 92 valence electrons. The number of nitrogen functional groups attached to an aromatic ring is 1. The Hall–Kier alpha value is -2.21. The molecule has 0 spiro atoms. The van der Waals surface area contributed by atoms with Crippen molar-refractivity contribution in [2.75, 3.05) is 12.5 Å². The van der Waals surface area contributed by atoms with Gasteiger partial charge in [0.05, 0.1) is 0 Å². The fraction of sp³-hybridized carbons (Fsp3) is 0.0909. The lowest BCUT2D eigenvalue weighted by atomic mass is 10.3. The summed E-state index contributed by atoms with van der Waals surface area (Å²) < 4.78 is 16.0. The topological polar surface area (TPSA) is 79.5 Å². The van der Waals surface area contributed by atoms with Gasteiger partial charge in [-0.3, -0.25) is 0 Å². The highest BCUT2D eigenvalue weighted by Crippen LogP contribution is 2.37. The molecule has 1 aliphatic heterocycles. The van der Waals surface area contributed by atoms with Gasteiger partial charge in [-0.15, -0.1) is 0 Å². The predicted molar refractivity (Wildman–Crippen MR) is 64.1 cm³/mol. The zero-order chi connectivity index (χ0) is 12.5. The van der Waals surface area contributed by atoms with Gasteiger partial charge >= 0.3 is 0 Å². The number of fused-ring (bicyclic) bond motifs is 1. The van der Waals surface area contributed by atoms with E-state index in [1.54, 1.807) is 18.2 Å². The maximum Gasteiger partial charge on any atom is 0.243 e. The number of nitrogens with zero attached hydrogens (tertiary/aromatic N) is 2. The molecule has 0 amide bonds. The van der Waals surface area contributed by atoms with E-state index in [0.717, 1.165) is 0 Å². The molecular formula is C11H8ClN3O3. The Kier molecular flexibility index (Phi) is 2.56. The molecule has 0 saturated heterocycles. The number of nitrogens with two attached hydrogens (primary N) is 1. The molecule has 1 aromatic heterocycles. The van der Waals surface area contributed by atoms with Crippen LogP contribution in [0.2, 0.25) is 5.02 Å². The molecule has 7 heteroatoms. The van der Waals surface area contributed by atoms with Crippen molar-refractivity contribution in [2.24, 2.45) is 0 Å². The van der Waals surface area contributed by atoms with Gasteiger partial charge in [0, 0.05) is 6.07 Å². The second-order valence-corrected chi connectivity index (χ2v) is 3.87. The number of aromatic nitrogens is 2. The van der Waals surface area contributed by atoms with Crippen molar-refractivity contribution in [3.8, 4) is 23.1 Å². The van der Waals surface area contributed by atoms with Crippen LogP contribution in [0.15, 0.2) is 24.5 Å². The fourth-order valence-electron chi connectivity index (χ4n) is 1.49. The Labute approximate surface area is 107 Å². The van der Waals surface area contributed by atoms with E-state index in [0.29, 0.717) is 17.2 Å². The first-order chi connectivity index (χ1) is 8.74. The minimum absolute atomic E-state index is 0.169. The van der Waals surface area contributed by atoms with Crippen LogP contribution < -0.4 is 19.9 Å². The number of ether oxygens (including phenoxy) is 3. The number of anilines is 1. The molecule has 0 radical (unpaired) electrons. The average Bonchev–Trinajstić information content (AvgIpc) is 2.82. The molecular weight excluding hydrogens is 258 g/mol. The summed E-state index contributed by atoms with van der Waals surface area (Å²) in [6.45, 7) is 0.208. The van der Waals surface area contributed by atoms with E-state index in [4.69, 9.17) is 31.5 Å². The number of halogens is 1. The molecule has 0 fully saturated rings. The molecule has 1 aromatic carbocycles. The van der Waals surface area contributed by atoms with Gasteiger partial charge in [0.25, 0.3) is 0 Å². The van der Waals surface area contributed by atoms with E-state index in [1.165, 1.54) is 6.33 Å². The highest BCUT2D eigenvalue weighted by molar-refractivity contribution is 6.34. The quantitative estimate of drug-likeness (QED) is 0.897. The Morgan fingerprint density at radius 3 is 2.94 bits per heavy atom. The van der Waals surface area contributed by atoms with Gasteiger partial charge in [0.15, 0.2) is 11.5 Å². The highest BCUT2D eigenvalue weighted by Gasteiger charge is 2.15. The Morgan fingerprint density at radius 1 is 1.22 bits per heavy atom. The number of hydrogen-bond acceptors (Lipinski definition) is 6. The van der Waals surface area contributed by atoms with Crippen LogP contribution in [-0.2, 0) is 0 Å². The molecule has 2 N–H and O–H groups in total. The summed E-state index contributed by atoms with van der Waals surface area (Å²) in [4.78, 5) is 7.66. The van der Waals surface area contributed by atoms with E-state index < -0.39 is 0 Å². The van der Waals surface area contributed by atoms with Crippen molar-refractivity contribution in [3.63, 3.8) is 0 Å². The van der Waals surface area contributed by atoms with E-state index in [9.17, 15) is 0 Å². The first kappa shape index (κ1) is 10.9. The van der Waals surface area contributed by atoms with Crippen LogP contribution >= 0.6 is 11.6 Å². The third kappa shape index (κ3) is 1.86. The lowest BCUT2D eigenvalue weighted by Gasteiger charge is -2.07. The van der Waals surface area contributed by atoms with Crippen LogP contribution in [0.3, 0.4) is 0 Å². The van der Waals surface area contributed by atoms with Gasteiger partial charge < -0.3 is 19.9 Å². The van der Waals surface area contributed by atoms with Crippen molar-refractivity contribution in [1.29, 1.82) is 0 Å². The lowest BCUT2D eigenvalue weighted by molar-refractivity contribution is 0.174. The number of benzene rings is 1. The summed E-state index contributed by atoms with van der Waals surface area (Å²) in [5.74, 6) is 2.19. The van der Waals surface area contributed by atoms with E-state index in [2.05, 4.69) is 9.97 Å². The molecule has 2 heterocycles. The molecule has 0 aliphatic carbocycles. The summed E-state index contributed by atoms with van der Waals surface area (Å²) in [5, 5.41) is 0.176. The fourth-order valence-corrected chi connectivity index (χ4v) is 1.63. The van der Waals surface area contributed by atoms with Gasteiger partial charge in [-0.05, 0) is 12.1 Å². The van der Waals surface area contributed by atoms with Crippen LogP contribution in [0.1, 0.15) is 0 Å². The van der Waals surface area contributed by atoms with Crippen LogP contribution in [-0.4, -0.2) is 16.8 Å². The highest BCUT2D eigenvalue weighted by atomic mass is 35.5. The molecule has 0 unspecified atom stereocenters. The molecule has 18 heavy (non-hydrogen) atoms. The van der Waals surface area contributed by atoms with Crippen molar-refractivity contribution >= 4 is 17.4 Å². The van der Waals surface area contributed by atoms with Gasteiger partial charge in [0.2, 0.25) is 12.7 Å². The molecule has 1 aliphatic rings. The van der Waals surface area contributed by atoms with Gasteiger partial charge in [-0.25, -0.2) is 4.98 Å². The normalized spacial score (nSPS) is 12.5. The number of rotatable bonds is 2. The van der Waals surface area contributed by atoms with E-state index in [1.807, 2.05) is 0 Å². The second kappa shape index (κ2) is 4.23. The van der Waals surface area contributed by atoms with Crippen LogP contribution in [0.25, 0.3) is 0 Å².